The average molecular weight is 370 g/mol. The highest BCUT2D eigenvalue weighted by atomic mass is 16.5. The fraction of sp³-hybridized carbons (Fsp3) is 0.333. The number of benzene rings is 2. The molecule has 0 aliphatic rings. The maximum atomic E-state index is 12.4. The molecule has 0 aliphatic carbocycles. The van der Waals surface area contributed by atoms with E-state index in [0.717, 1.165) is 11.1 Å². The fourth-order valence-electron chi connectivity index (χ4n) is 2.74. The van der Waals surface area contributed by atoms with E-state index in [2.05, 4.69) is 5.32 Å². The third-order valence-electron chi connectivity index (χ3n) is 4.01. The number of anilines is 1. The van der Waals surface area contributed by atoms with Gasteiger partial charge in [0.05, 0.1) is 19.3 Å². The van der Waals surface area contributed by atoms with Gasteiger partial charge in [-0.2, -0.15) is 0 Å². The van der Waals surface area contributed by atoms with Crippen LogP contribution in [0.3, 0.4) is 0 Å². The summed E-state index contributed by atoms with van der Waals surface area (Å²) in [4.78, 5) is 26.2. The predicted octanol–water partition coefficient (Wildman–Crippen LogP) is 3.18. The van der Waals surface area contributed by atoms with E-state index in [9.17, 15) is 9.59 Å². The standard InChI is InChI=1S/C21H26N2O4/c1-5-23(13-20(24)22-18-8-6-7-9-19(18)26-4)21(25)14-27-17-11-15(2)10-16(3)12-17/h6-12H,5,13-14H2,1-4H3,(H,22,24). The van der Waals surface area contributed by atoms with Crippen molar-refractivity contribution in [2.45, 2.75) is 20.8 Å². The van der Waals surface area contributed by atoms with Crippen LogP contribution in [-0.4, -0.2) is 43.5 Å². The van der Waals surface area contributed by atoms with Crippen LogP contribution in [0, 0.1) is 13.8 Å². The van der Waals surface area contributed by atoms with E-state index in [1.807, 2.05) is 45.0 Å². The van der Waals surface area contributed by atoms with Crippen LogP contribution in [-0.2, 0) is 9.59 Å². The molecule has 27 heavy (non-hydrogen) atoms. The van der Waals surface area contributed by atoms with E-state index >= 15 is 0 Å². The van der Waals surface area contributed by atoms with Crippen molar-refractivity contribution >= 4 is 17.5 Å². The zero-order valence-electron chi connectivity index (χ0n) is 16.2. The normalized spacial score (nSPS) is 10.2. The number of rotatable bonds is 8. The molecular formula is C21H26N2O4. The van der Waals surface area contributed by atoms with Gasteiger partial charge >= 0.3 is 0 Å². The monoisotopic (exact) mass is 370 g/mol. The van der Waals surface area contributed by atoms with Gasteiger partial charge in [0.1, 0.15) is 11.5 Å². The molecular weight excluding hydrogens is 344 g/mol. The van der Waals surface area contributed by atoms with Gasteiger partial charge in [0.25, 0.3) is 5.91 Å². The Balaban J connectivity index is 1.93. The van der Waals surface area contributed by atoms with Gasteiger partial charge in [0.15, 0.2) is 6.61 Å². The number of aryl methyl sites for hydroxylation is 2. The van der Waals surface area contributed by atoms with Crippen molar-refractivity contribution < 1.29 is 19.1 Å². The van der Waals surface area contributed by atoms with Crippen LogP contribution in [0.5, 0.6) is 11.5 Å². The average Bonchev–Trinajstić information content (AvgIpc) is 2.63. The predicted molar refractivity (Wildman–Crippen MR) is 105 cm³/mol. The van der Waals surface area contributed by atoms with Crippen LogP contribution in [0.2, 0.25) is 0 Å². The molecule has 0 aromatic heterocycles. The topological polar surface area (TPSA) is 67.9 Å². The summed E-state index contributed by atoms with van der Waals surface area (Å²) in [6, 6.07) is 12.9. The quantitative estimate of drug-likeness (QED) is 0.775. The largest absolute Gasteiger partial charge is 0.495 e. The molecule has 0 bridgehead atoms. The van der Waals surface area contributed by atoms with E-state index in [1.54, 1.807) is 18.2 Å². The number of nitrogens with one attached hydrogen (secondary N) is 1. The van der Waals surface area contributed by atoms with Crippen LogP contribution >= 0.6 is 0 Å². The minimum absolute atomic E-state index is 0.0520. The number of methoxy groups -OCH3 is 1. The Morgan fingerprint density at radius 1 is 1.07 bits per heavy atom. The number of carbonyl (C=O) groups excluding carboxylic acids is 2. The Morgan fingerprint density at radius 3 is 2.37 bits per heavy atom. The molecule has 6 heteroatoms. The maximum Gasteiger partial charge on any atom is 0.260 e. The molecule has 144 valence electrons. The number of ether oxygens (including phenoxy) is 2. The number of amides is 2. The molecule has 2 aromatic rings. The number of hydrogen-bond donors (Lipinski definition) is 1. The van der Waals surface area contributed by atoms with Gasteiger partial charge in [-0.25, -0.2) is 0 Å². The summed E-state index contributed by atoms with van der Waals surface area (Å²) in [5, 5.41) is 2.77. The molecule has 0 saturated carbocycles. The zero-order valence-corrected chi connectivity index (χ0v) is 16.2. The molecule has 2 rings (SSSR count). The van der Waals surface area contributed by atoms with Gasteiger partial charge in [-0.1, -0.05) is 18.2 Å². The summed E-state index contributed by atoms with van der Waals surface area (Å²) in [6.07, 6.45) is 0. The van der Waals surface area contributed by atoms with Crippen molar-refractivity contribution in [2.75, 3.05) is 32.1 Å². The molecule has 0 unspecified atom stereocenters. The van der Waals surface area contributed by atoms with E-state index in [-0.39, 0.29) is 25.0 Å². The van der Waals surface area contributed by atoms with Crippen LogP contribution in [0.4, 0.5) is 5.69 Å². The molecule has 0 fully saturated rings. The molecule has 0 saturated heterocycles. The second kappa shape index (κ2) is 9.62. The van der Waals surface area contributed by atoms with Crippen molar-refractivity contribution in [3.8, 4) is 11.5 Å². The van der Waals surface area contributed by atoms with Crippen LogP contribution in [0.25, 0.3) is 0 Å². The van der Waals surface area contributed by atoms with Gasteiger partial charge in [-0.3, -0.25) is 9.59 Å². The lowest BCUT2D eigenvalue weighted by Crippen LogP contribution is -2.40. The maximum absolute atomic E-state index is 12.4. The van der Waals surface area contributed by atoms with Crippen molar-refractivity contribution in [1.29, 1.82) is 0 Å². The van der Waals surface area contributed by atoms with Gasteiger partial charge in [0, 0.05) is 6.54 Å². The number of likely N-dealkylation sites (N-methyl/N-ethyl adjacent to an activating group) is 1. The third-order valence-corrected chi connectivity index (χ3v) is 4.01. The third kappa shape index (κ3) is 6.02. The smallest absolute Gasteiger partial charge is 0.260 e. The Labute approximate surface area is 160 Å². The van der Waals surface area contributed by atoms with E-state index in [0.29, 0.717) is 23.7 Å². The van der Waals surface area contributed by atoms with E-state index in [4.69, 9.17) is 9.47 Å². The first-order chi connectivity index (χ1) is 12.9. The first kappa shape index (κ1) is 20.3. The van der Waals surface area contributed by atoms with Crippen LogP contribution in [0.15, 0.2) is 42.5 Å². The summed E-state index contributed by atoms with van der Waals surface area (Å²) < 4.78 is 10.8. The summed E-state index contributed by atoms with van der Waals surface area (Å²) in [6.45, 7) is 6.02. The molecule has 2 aromatic carbocycles. The second-order valence-electron chi connectivity index (χ2n) is 6.27. The molecule has 6 nitrogen and oxygen atoms in total. The number of nitrogens with zero attached hydrogens (tertiary/aromatic N) is 1. The molecule has 0 spiro atoms. The Morgan fingerprint density at radius 2 is 1.74 bits per heavy atom. The van der Waals surface area contributed by atoms with E-state index in [1.165, 1.54) is 12.0 Å². The number of para-hydroxylation sites is 2. The molecule has 0 atom stereocenters. The van der Waals surface area contributed by atoms with Crippen LogP contribution in [0.1, 0.15) is 18.1 Å². The van der Waals surface area contributed by atoms with Crippen molar-refractivity contribution in [3.63, 3.8) is 0 Å². The van der Waals surface area contributed by atoms with Crippen LogP contribution < -0.4 is 14.8 Å². The summed E-state index contributed by atoms with van der Waals surface area (Å²) >= 11 is 0. The minimum atomic E-state index is -0.291. The lowest BCUT2D eigenvalue weighted by Gasteiger charge is -2.21. The molecule has 0 heterocycles. The van der Waals surface area contributed by atoms with Gasteiger partial charge < -0.3 is 19.7 Å². The minimum Gasteiger partial charge on any atom is -0.495 e. The van der Waals surface area contributed by atoms with Crippen molar-refractivity contribution in [1.82, 2.24) is 4.90 Å². The Kier molecular flexibility index (Phi) is 7.23. The van der Waals surface area contributed by atoms with Crippen molar-refractivity contribution in [2.24, 2.45) is 0 Å². The summed E-state index contributed by atoms with van der Waals surface area (Å²) in [5.74, 6) is 0.682. The molecule has 0 aliphatic heterocycles. The fourth-order valence-corrected chi connectivity index (χ4v) is 2.74. The molecule has 2 amide bonds. The number of carbonyl (C=O) groups is 2. The highest BCUT2D eigenvalue weighted by molar-refractivity contribution is 5.95. The second-order valence-corrected chi connectivity index (χ2v) is 6.27. The highest BCUT2D eigenvalue weighted by Crippen LogP contribution is 2.22. The first-order valence-corrected chi connectivity index (χ1v) is 8.84. The lowest BCUT2D eigenvalue weighted by molar-refractivity contribution is -0.136. The summed E-state index contributed by atoms with van der Waals surface area (Å²) in [5.41, 5.74) is 2.71. The zero-order chi connectivity index (χ0) is 19.8. The summed E-state index contributed by atoms with van der Waals surface area (Å²) in [7, 11) is 1.54. The molecule has 0 radical (unpaired) electrons. The highest BCUT2D eigenvalue weighted by Gasteiger charge is 2.17. The Bertz CT molecular complexity index is 784. The van der Waals surface area contributed by atoms with Crippen molar-refractivity contribution in [3.05, 3.63) is 53.6 Å². The first-order valence-electron chi connectivity index (χ1n) is 8.84. The number of hydrogen-bond acceptors (Lipinski definition) is 4. The SMILES string of the molecule is CCN(CC(=O)Nc1ccccc1OC)C(=O)COc1cc(C)cc(C)c1. The van der Waals surface area contributed by atoms with E-state index < -0.39 is 0 Å². The van der Waals surface area contributed by atoms with Gasteiger partial charge in [0.2, 0.25) is 5.91 Å². The Hall–Kier alpha value is -3.02. The van der Waals surface area contributed by atoms with Gasteiger partial charge in [-0.05, 0) is 56.2 Å². The van der Waals surface area contributed by atoms with Gasteiger partial charge in [-0.15, -0.1) is 0 Å². The lowest BCUT2D eigenvalue weighted by atomic mass is 10.1. The molecule has 1 N–H and O–H groups in total.